The number of rotatable bonds is 7. The zero-order valence-corrected chi connectivity index (χ0v) is 26.0. The third kappa shape index (κ3) is 9.14. The van der Waals surface area contributed by atoms with Crippen molar-refractivity contribution in [2.75, 3.05) is 39.3 Å². The van der Waals surface area contributed by atoms with Crippen LogP contribution in [-0.2, 0) is 26.6 Å². The first-order chi connectivity index (χ1) is 20.7. The molecule has 0 spiro atoms. The standard InChI is InChI=1S/C31H36F3N3O5S2/c1-25-10-14-29(15-11-25)43(38,39)36-20-6-18-35(24-27-8-4-3-5-9-27)19-7-21-37(23-26(2)22-36)44(40,41)30-16-12-28(13-17-30)42-31(32,33)34/h3-5,8-17H,2,6-7,18-24H2,1H3. The van der Waals surface area contributed by atoms with Crippen LogP contribution in [0.15, 0.2) is 101 Å². The Balaban J connectivity index is 1.62. The third-order valence-electron chi connectivity index (χ3n) is 7.17. The highest BCUT2D eigenvalue weighted by atomic mass is 32.2. The molecule has 0 N–H and O–H groups in total. The molecule has 44 heavy (non-hydrogen) atoms. The molecular weight excluding hydrogens is 615 g/mol. The monoisotopic (exact) mass is 651 g/mol. The smallest absolute Gasteiger partial charge is 0.406 e. The van der Waals surface area contributed by atoms with Gasteiger partial charge in [-0.1, -0.05) is 54.6 Å². The molecule has 0 aromatic heterocycles. The van der Waals surface area contributed by atoms with Crippen molar-refractivity contribution >= 4 is 20.0 Å². The van der Waals surface area contributed by atoms with Crippen molar-refractivity contribution in [1.29, 1.82) is 0 Å². The normalized spacial score (nSPS) is 17.5. The van der Waals surface area contributed by atoms with E-state index < -0.39 is 32.2 Å². The molecule has 3 aromatic carbocycles. The van der Waals surface area contributed by atoms with Gasteiger partial charge >= 0.3 is 6.36 Å². The number of hydrogen-bond donors (Lipinski definition) is 0. The molecule has 0 atom stereocenters. The van der Waals surface area contributed by atoms with E-state index >= 15 is 0 Å². The Bertz CT molecular complexity index is 1610. The van der Waals surface area contributed by atoms with Gasteiger partial charge in [0.2, 0.25) is 20.0 Å². The van der Waals surface area contributed by atoms with Gasteiger partial charge in [-0.05, 0) is 80.4 Å². The molecule has 8 nitrogen and oxygen atoms in total. The van der Waals surface area contributed by atoms with E-state index in [0.717, 1.165) is 35.4 Å². The summed E-state index contributed by atoms with van der Waals surface area (Å²) in [5, 5.41) is 0. The lowest BCUT2D eigenvalue weighted by Gasteiger charge is -2.30. The number of halogens is 3. The van der Waals surface area contributed by atoms with Gasteiger partial charge in [-0.3, -0.25) is 4.90 Å². The molecule has 4 rings (SSSR count). The van der Waals surface area contributed by atoms with Gasteiger partial charge in [-0.2, -0.15) is 8.61 Å². The number of benzene rings is 3. The second-order valence-electron chi connectivity index (χ2n) is 10.7. The van der Waals surface area contributed by atoms with Gasteiger partial charge in [0.15, 0.2) is 0 Å². The van der Waals surface area contributed by atoms with Crippen molar-refractivity contribution in [1.82, 2.24) is 13.5 Å². The average Bonchev–Trinajstić information content (AvgIpc) is 2.95. The van der Waals surface area contributed by atoms with Crippen LogP contribution >= 0.6 is 0 Å². The van der Waals surface area contributed by atoms with Crippen molar-refractivity contribution < 1.29 is 34.7 Å². The van der Waals surface area contributed by atoms with Gasteiger partial charge in [0, 0.05) is 32.7 Å². The van der Waals surface area contributed by atoms with E-state index in [1.54, 1.807) is 24.3 Å². The topological polar surface area (TPSA) is 87.2 Å². The van der Waals surface area contributed by atoms with E-state index in [4.69, 9.17) is 0 Å². The predicted molar refractivity (Wildman–Crippen MR) is 162 cm³/mol. The SMILES string of the molecule is C=C1CN(S(=O)(=O)c2ccc(C)cc2)CCCN(Cc2ccccc2)CCCN(S(=O)(=O)c2ccc(OC(F)(F)F)cc2)C1. The fourth-order valence-corrected chi connectivity index (χ4v) is 7.99. The van der Waals surface area contributed by atoms with Crippen LogP contribution in [0, 0.1) is 6.92 Å². The van der Waals surface area contributed by atoms with E-state index in [2.05, 4.69) is 16.2 Å². The molecule has 1 aliphatic heterocycles. The van der Waals surface area contributed by atoms with Crippen LogP contribution in [0.3, 0.4) is 0 Å². The number of ether oxygens (including phenoxy) is 1. The Morgan fingerprint density at radius 3 is 1.68 bits per heavy atom. The summed E-state index contributed by atoms with van der Waals surface area (Å²) in [5.74, 6) is -0.539. The summed E-state index contributed by atoms with van der Waals surface area (Å²) < 4.78 is 99.2. The second-order valence-corrected chi connectivity index (χ2v) is 14.6. The number of nitrogens with zero attached hydrogens (tertiary/aromatic N) is 3. The number of sulfonamides is 2. The van der Waals surface area contributed by atoms with Crippen molar-refractivity contribution in [2.45, 2.75) is 42.5 Å². The van der Waals surface area contributed by atoms with E-state index in [9.17, 15) is 30.0 Å². The highest BCUT2D eigenvalue weighted by Crippen LogP contribution is 2.26. The summed E-state index contributed by atoms with van der Waals surface area (Å²) in [6.07, 6.45) is -3.88. The molecule has 0 amide bonds. The maximum absolute atomic E-state index is 13.7. The fraction of sp³-hybridized carbons (Fsp3) is 0.355. The number of alkyl halides is 3. The predicted octanol–water partition coefficient (Wildman–Crippen LogP) is 5.43. The summed E-state index contributed by atoms with van der Waals surface area (Å²) in [5.41, 5.74) is 2.35. The van der Waals surface area contributed by atoms with Gasteiger partial charge in [0.1, 0.15) is 5.75 Å². The lowest BCUT2D eigenvalue weighted by molar-refractivity contribution is -0.274. The summed E-state index contributed by atoms with van der Waals surface area (Å²) in [6, 6.07) is 20.3. The maximum atomic E-state index is 13.7. The minimum atomic E-state index is -4.91. The van der Waals surface area contributed by atoms with Crippen LogP contribution in [0.4, 0.5) is 13.2 Å². The molecule has 0 radical (unpaired) electrons. The molecule has 0 unspecified atom stereocenters. The zero-order valence-electron chi connectivity index (χ0n) is 24.4. The lowest BCUT2D eigenvalue weighted by atomic mass is 10.2. The molecule has 1 fully saturated rings. The summed E-state index contributed by atoms with van der Waals surface area (Å²) in [7, 11) is -8.10. The minimum absolute atomic E-state index is 0.0954. The van der Waals surface area contributed by atoms with Crippen LogP contribution in [-0.4, -0.2) is 76.0 Å². The van der Waals surface area contributed by atoms with Crippen LogP contribution in [0.25, 0.3) is 0 Å². The van der Waals surface area contributed by atoms with E-state index in [-0.39, 0.29) is 36.0 Å². The molecule has 1 saturated heterocycles. The van der Waals surface area contributed by atoms with Crippen molar-refractivity contribution in [3.63, 3.8) is 0 Å². The lowest BCUT2D eigenvalue weighted by Crippen LogP contribution is -2.41. The van der Waals surface area contributed by atoms with Gasteiger partial charge in [-0.25, -0.2) is 16.8 Å². The third-order valence-corrected chi connectivity index (χ3v) is 10.9. The van der Waals surface area contributed by atoms with Crippen LogP contribution in [0.5, 0.6) is 5.75 Å². The quantitative estimate of drug-likeness (QED) is 0.317. The van der Waals surface area contributed by atoms with Gasteiger partial charge in [-0.15, -0.1) is 13.2 Å². The first-order valence-electron chi connectivity index (χ1n) is 14.1. The Labute approximate surface area is 257 Å². The molecule has 0 bridgehead atoms. The number of aryl methyl sites for hydroxylation is 1. The minimum Gasteiger partial charge on any atom is -0.406 e. The molecular formula is C31H36F3N3O5S2. The summed E-state index contributed by atoms with van der Waals surface area (Å²) >= 11 is 0. The Morgan fingerprint density at radius 2 is 1.20 bits per heavy atom. The molecule has 1 heterocycles. The van der Waals surface area contributed by atoms with Crippen LogP contribution in [0.1, 0.15) is 24.0 Å². The molecule has 1 aliphatic rings. The number of hydrogen-bond acceptors (Lipinski definition) is 6. The highest BCUT2D eigenvalue weighted by molar-refractivity contribution is 7.89. The van der Waals surface area contributed by atoms with E-state index in [1.165, 1.54) is 8.61 Å². The van der Waals surface area contributed by atoms with E-state index in [1.807, 2.05) is 37.3 Å². The summed E-state index contributed by atoms with van der Waals surface area (Å²) in [6.45, 7) is 7.65. The van der Waals surface area contributed by atoms with Crippen molar-refractivity contribution in [3.05, 3.63) is 102 Å². The van der Waals surface area contributed by atoms with Crippen LogP contribution < -0.4 is 4.74 Å². The molecule has 0 saturated carbocycles. The Hall–Kier alpha value is -3.23. The van der Waals surface area contributed by atoms with Gasteiger partial charge in [0.25, 0.3) is 0 Å². The zero-order chi connectivity index (χ0) is 32.0. The average molecular weight is 652 g/mol. The Morgan fingerprint density at radius 1 is 0.727 bits per heavy atom. The highest BCUT2D eigenvalue weighted by Gasteiger charge is 2.32. The molecule has 0 aliphatic carbocycles. The Kier molecular flexibility index (Phi) is 10.9. The summed E-state index contributed by atoms with van der Waals surface area (Å²) in [4.78, 5) is 2.09. The first kappa shape index (κ1) is 33.7. The molecule has 3 aromatic rings. The van der Waals surface area contributed by atoms with Crippen molar-refractivity contribution in [2.24, 2.45) is 0 Å². The molecule has 238 valence electrons. The van der Waals surface area contributed by atoms with E-state index in [0.29, 0.717) is 38.0 Å². The van der Waals surface area contributed by atoms with Crippen LogP contribution in [0.2, 0.25) is 0 Å². The second kappa shape index (κ2) is 14.2. The maximum Gasteiger partial charge on any atom is 0.573 e. The van der Waals surface area contributed by atoms with Gasteiger partial charge in [0.05, 0.1) is 9.79 Å². The fourth-order valence-electron chi connectivity index (χ4n) is 4.99. The van der Waals surface area contributed by atoms with Gasteiger partial charge < -0.3 is 4.74 Å². The molecule has 13 heteroatoms. The van der Waals surface area contributed by atoms with Crippen molar-refractivity contribution in [3.8, 4) is 5.75 Å². The first-order valence-corrected chi connectivity index (χ1v) is 17.0. The largest absolute Gasteiger partial charge is 0.573 e.